The first kappa shape index (κ1) is 15.3. The molecule has 0 atom stereocenters. The first-order valence-corrected chi connectivity index (χ1v) is 5.74. The van der Waals surface area contributed by atoms with E-state index in [1.54, 1.807) is 0 Å². The maximum Gasteiger partial charge on any atom is 0.323 e. The van der Waals surface area contributed by atoms with Crippen LogP contribution >= 0.6 is 23.2 Å². The van der Waals surface area contributed by atoms with Gasteiger partial charge in [0.25, 0.3) is 5.91 Å². The summed E-state index contributed by atoms with van der Waals surface area (Å²) < 4.78 is 0. The van der Waals surface area contributed by atoms with Crippen LogP contribution in [0.1, 0.15) is 10.4 Å². The van der Waals surface area contributed by atoms with Gasteiger partial charge in [0.1, 0.15) is 13.1 Å². The van der Waals surface area contributed by atoms with E-state index in [2.05, 4.69) is 0 Å². The van der Waals surface area contributed by atoms with Gasteiger partial charge in [-0.15, -0.1) is 0 Å². The van der Waals surface area contributed by atoms with Gasteiger partial charge in [0.2, 0.25) is 0 Å². The van der Waals surface area contributed by atoms with Crippen LogP contribution in [0.3, 0.4) is 0 Å². The van der Waals surface area contributed by atoms with E-state index in [4.69, 9.17) is 33.4 Å². The van der Waals surface area contributed by atoms with Crippen molar-refractivity contribution < 1.29 is 24.6 Å². The minimum atomic E-state index is -1.32. The number of halogens is 2. The Morgan fingerprint density at radius 1 is 0.947 bits per heavy atom. The van der Waals surface area contributed by atoms with Gasteiger partial charge < -0.3 is 15.1 Å². The fraction of sp³-hybridized carbons (Fsp3) is 0.182. The number of aliphatic carboxylic acids is 2. The van der Waals surface area contributed by atoms with E-state index in [-0.39, 0.29) is 15.6 Å². The molecule has 0 saturated carbocycles. The summed E-state index contributed by atoms with van der Waals surface area (Å²) in [7, 11) is 0. The Hall–Kier alpha value is -1.79. The second kappa shape index (κ2) is 6.40. The molecule has 19 heavy (non-hydrogen) atoms. The molecule has 0 aliphatic rings. The van der Waals surface area contributed by atoms with Gasteiger partial charge in [-0.25, -0.2) is 0 Å². The standard InChI is InChI=1S/C11H9Cl2NO5/c12-7-1-6(2-8(13)3-7)11(19)14(4-9(15)16)5-10(17)18/h1-3H,4-5H2,(H,15,16)(H,17,18). The van der Waals surface area contributed by atoms with Crippen LogP contribution in [-0.4, -0.2) is 46.0 Å². The van der Waals surface area contributed by atoms with Crippen LogP contribution in [0.25, 0.3) is 0 Å². The van der Waals surface area contributed by atoms with E-state index in [9.17, 15) is 14.4 Å². The van der Waals surface area contributed by atoms with Gasteiger partial charge in [-0.1, -0.05) is 23.2 Å². The summed E-state index contributed by atoms with van der Waals surface area (Å²) in [6.07, 6.45) is 0. The van der Waals surface area contributed by atoms with Gasteiger partial charge in [-0.3, -0.25) is 14.4 Å². The van der Waals surface area contributed by atoms with Crippen LogP contribution in [0.2, 0.25) is 10.0 Å². The Morgan fingerprint density at radius 2 is 1.37 bits per heavy atom. The van der Waals surface area contributed by atoms with Gasteiger partial charge in [-0.2, -0.15) is 0 Å². The summed E-state index contributed by atoms with van der Waals surface area (Å²) in [4.78, 5) is 33.9. The Balaban J connectivity index is 3.03. The van der Waals surface area contributed by atoms with Crippen molar-refractivity contribution in [2.24, 2.45) is 0 Å². The molecule has 0 spiro atoms. The van der Waals surface area contributed by atoms with Crippen molar-refractivity contribution in [2.75, 3.05) is 13.1 Å². The molecule has 0 aliphatic carbocycles. The van der Waals surface area contributed by atoms with Crippen LogP contribution < -0.4 is 0 Å². The number of hydrogen-bond donors (Lipinski definition) is 2. The van der Waals surface area contributed by atoms with Crippen LogP contribution in [0, 0.1) is 0 Å². The van der Waals surface area contributed by atoms with Crippen molar-refractivity contribution >= 4 is 41.0 Å². The maximum atomic E-state index is 12.0. The van der Waals surface area contributed by atoms with E-state index in [1.165, 1.54) is 18.2 Å². The average molecular weight is 306 g/mol. The lowest BCUT2D eigenvalue weighted by atomic mass is 10.2. The third-order valence-corrected chi connectivity index (χ3v) is 2.49. The number of rotatable bonds is 5. The molecule has 1 aromatic carbocycles. The second-order valence-electron chi connectivity index (χ2n) is 3.61. The number of carboxylic acid groups (broad SMARTS) is 2. The fourth-order valence-corrected chi connectivity index (χ4v) is 1.91. The predicted molar refractivity (Wildman–Crippen MR) is 67.6 cm³/mol. The van der Waals surface area contributed by atoms with Crippen LogP contribution in [-0.2, 0) is 9.59 Å². The number of hydrogen-bond acceptors (Lipinski definition) is 3. The number of benzene rings is 1. The van der Waals surface area contributed by atoms with Crippen LogP contribution in [0.15, 0.2) is 18.2 Å². The highest BCUT2D eigenvalue weighted by atomic mass is 35.5. The van der Waals surface area contributed by atoms with Gasteiger partial charge in [-0.05, 0) is 18.2 Å². The summed E-state index contributed by atoms with van der Waals surface area (Å²) >= 11 is 11.4. The minimum Gasteiger partial charge on any atom is -0.480 e. The van der Waals surface area contributed by atoms with Crippen molar-refractivity contribution in [3.8, 4) is 0 Å². The summed E-state index contributed by atoms with van der Waals surface area (Å²) in [5.74, 6) is -3.40. The van der Waals surface area contributed by atoms with Crippen molar-refractivity contribution in [1.82, 2.24) is 4.90 Å². The van der Waals surface area contributed by atoms with E-state index in [0.717, 1.165) is 0 Å². The van der Waals surface area contributed by atoms with Gasteiger partial charge >= 0.3 is 11.9 Å². The maximum absolute atomic E-state index is 12.0. The molecule has 1 aromatic rings. The minimum absolute atomic E-state index is 0.0278. The number of nitrogens with zero attached hydrogens (tertiary/aromatic N) is 1. The number of carbonyl (C=O) groups excluding carboxylic acids is 1. The average Bonchev–Trinajstić information content (AvgIpc) is 2.24. The number of carboxylic acids is 2. The molecule has 0 heterocycles. The Bertz CT molecular complexity index is 496. The first-order valence-electron chi connectivity index (χ1n) is 4.98. The lowest BCUT2D eigenvalue weighted by Gasteiger charge is -2.18. The molecule has 1 rings (SSSR count). The van der Waals surface area contributed by atoms with E-state index in [0.29, 0.717) is 4.90 Å². The zero-order valence-electron chi connectivity index (χ0n) is 9.47. The van der Waals surface area contributed by atoms with Gasteiger partial charge in [0.05, 0.1) is 0 Å². The molecule has 0 aliphatic heterocycles. The monoisotopic (exact) mass is 305 g/mol. The van der Waals surface area contributed by atoms with Crippen molar-refractivity contribution in [3.05, 3.63) is 33.8 Å². The highest BCUT2D eigenvalue weighted by molar-refractivity contribution is 6.35. The Kier molecular flexibility index (Phi) is 5.14. The normalized spacial score (nSPS) is 10.0. The summed E-state index contributed by atoms with van der Waals surface area (Å²) in [6.45, 7) is -1.45. The molecule has 0 radical (unpaired) electrons. The molecular weight excluding hydrogens is 297 g/mol. The molecule has 0 fully saturated rings. The summed E-state index contributed by atoms with van der Waals surface area (Å²) in [6, 6.07) is 3.97. The number of amides is 1. The Labute approximate surface area is 118 Å². The third kappa shape index (κ3) is 4.76. The SMILES string of the molecule is O=C(O)CN(CC(=O)O)C(=O)c1cc(Cl)cc(Cl)c1. The molecule has 2 N–H and O–H groups in total. The Morgan fingerprint density at radius 3 is 1.74 bits per heavy atom. The zero-order valence-corrected chi connectivity index (χ0v) is 11.0. The molecule has 0 aromatic heterocycles. The topological polar surface area (TPSA) is 94.9 Å². The molecule has 1 amide bonds. The lowest BCUT2D eigenvalue weighted by Crippen LogP contribution is -2.39. The quantitative estimate of drug-likeness (QED) is 0.861. The first-order chi connectivity index (χ1) is 8.79. The molecule has 0 unspecified atom stereocenters. The van der Waals surface area contributed by atoms with E-state index >= 15 is 0 Å². The smallest absolute Gasteiger partial charge is 0.323 e. The predicted octanol–water partition coefficient (Wildman–Crippen LogP) is 1.60. The largest absolute Gasteiger partial charge is 0.480 e. The summed E-state index contributed by atoms with van der Waals surface area (Å²) in [5, 5.41) is 17.7. The van der Waals surface area contributed by atoms with Crippen LogP contribution in [0.5, 0.6) is 0 Å². The highest BCUT2D eigenvalue weighted by Gasteiger charge is 2.21. The third-order valence-electron chi connectivity index (χ3n) is 2.05. The molecule has 102 valence electrons. The summed E-state index contributed by atoms with van der Waals surface area (Å²) in [5.41, 5.74) is 0.0278. The molecular formula is C11H9Cl2NO5. The van der Waals surface area contributed by atoms with Crippen molar-refractivity contribution in [3.63, 3.8) is 0 Å². The second-order valence-corrected chi connectivity index (χ2v) is 4.48. The molecule has 6 nitrogen and oxygen atoms in total. The van der Waals surface area contributed by atoms with E-state index < -0.39 is 30.9 Å². The highest BCUT2D eigenvalue weighted by Crippen LogP contribution is 2.20. The molecule has 8 heteroatoms. The zero-order chi connectivity index (χ0) is 14.6. The van der Waals surface area contributed by atoms with Crippen LogP contribution in [0.4, 0.5) is 0 Å². The van der Waals surface area contributed by atoms with E-state index in [1.807, 2.05) is 0 Å². The lowest BCUT2D eigenvalue weighted by molar-refractivity contribution is -0.140. The van der Waals surface area contributed by atoms with Crippen molar-refractivity contribution in [2.45, 2.75) is 0 Å². The fourth-order valence-electron chi connectivity index (χ4n) is 1.39. The molecule has 0 bridgehead atoms. The van der Waals surface area contributed by atoms with Gasteiger partial charge in [0, 0.05) is 15.6 Å². The molecule has 0 saturated heterocycles. The number of carbonyl (C=O) groups is 3. The van der Waals surface area contributed by atoms with Gasteiger partial charge in [0.15, 0.2) is 0 Å². The van der Waals surface area contributed by atoms with Crippen molar-refractivity contribution in [1.29, 1.82) is 0 Å².